The molecule has 0 aliphatic rings. The Labute approximate surface area is 108 Å². The minimum atomic E-state index is -1.15. The third kappa shape index (κ3) is 4.09. The van der Waals surface area contributed by atoms with Crippen LogP contribution in [0.5, 0.6) is 0 Å². The van der Waals surface area contributed by atoms with Crippen LogP contribution >= 0.6 is 23.2 Å². The second kappa shape index (κ2) is 5.70. The minimum Gasteiger partial charge on any atom is -0.478 e. The Hall–Kier alpha value is -1.52. The van der Waals surface area contributed by atoms with Gasteiger partial charge in [-0.2, -0.15) is 0 Å². The van der Waals surface area contributed by atoms with Gasteiger partial charge in [0.15, 0.2) is 0 Å². The normalized spacial score (nSPS) is 11.1. The Balaban J connectivity index is 2.82. The molecule has 1 aromatic rings. The highest BCUT2D eigenvalue weighted by atomic mass is 35.5. The first-order valence-corrected chi connectivity index (χ1v) is 5.33. The molecule has 0 spiro atoms. The number of amides is 1. The van der Waals surface area contributed by atoms with Crippen molar-refractivity contribution in [1.82, 2.24) is 0 Å². The van der Waals surface area contributed by atoms with E-state index in [0.29, 0.717) is 10.7 Å². The van der Waals surface area contributed by atoms with Crippen LogP contribution in [0.15, 0.2) is 29.8 Å². The Bertz CT molecular complexity index is 497. The monoisotopic (exact) mass is 273 g/mol. The van der Waals surface area contributed by atoms with E-state index in [4.69, 9.17) is 28.3 Å². The van der Waals surface area contributed by atoms with Gasteiger partial charge in [-0.15, -0.1) is 0 Å². The van der Waals surface area contributed by atoms with E-state index >= 15 is 0 Å². The van der Waals surface area contributed by atoms with Gasteiger partial charge in [0.2, 0.25) is 5.91 Å². The van der Waals surface area contributed by atoms with E-state index in [9.17, 15) is 9.59 Å². The number of anilines is 1. The highest BCUT2D eigenvalue weighted by Gasteiger charge is 2.07. The lowest BCUT2D eigenvalue weighted by atomic mass is 10.2. The van der Waals surface area contributed by atoms with E-state index < -0.39 is 11.9 Å². The first-order valence-electron chi connectivity index (χ1n) is 4.58. The Morgan fingerprint density at radius 2 is 2.00 bits per heavy atom. The maximum absolute atomic E-state index is 11.4. The first-order chi connectivity index (χ1) is 7.90. The van der Waals surface area contributed by atoms with Gasteiger partial charge in [0, 0.05) is 16.7 Å². The van der Waals surface area contributed by atoms with Crippen LogP contribution in [-0.2, 0) is 9.59 Å². The molecule has 1 aromatic carbocycles. The number of hydrogen-bond donors (Lipinski definition) is 2. The van der Waals surface area contributed by atoms with Gasteiger partial charge in [-0.05, 0) is 25.1 Å². The third-order valence-electron chi connectivity index (χ3n) is 1.87. The van der Waals surface area contributed by atoms with Gasteiger partial charge >= 0.3 is 5.97 Å². The molecule has 2 N–H and O–H groups in total. The standard InChI is InChI=1S/C11H9Cl2NO3/c1-6(11(16)17)4-10(15)14-9-3-2-7(12)5-8(9)13/h2-5H,1H3,(H,14,15)(H,16,17)/b6-4+. The van der Waals surface area contributed by atoms with Crippen LogP contribution in [0.2, 0.25) is 10.0 Å². The third-order valence-corrected chi connectivity index (χ3v) is 2.42. The molecule has 0 aromatic heterocycles. The molecule has 1 rings (SSSR count). The van der Waals surface area contributed by atoms with Crippen molar-refractivity contribution < 1.29 is 14.7 Å². The first kappa shape index (κ1) is 13.5. The molecule has 0 fully saturated rings. The summed E-state index contributed by atoms with van der Waals surface area (Å²) in [4.78, 5) is 21.9. The Morgan fingerprint density at radius 3 is 2.53 bits per heavy atom. The van der Waals surface area contributed by atoms with Crippen molar-refractivity contribution in [3.8, 4) is 0 Å². The van der Waals surface area contributed by atoms with E-state index in [0.717, 1.165) is 6.08 Å². The summed E-state index contributed by atoms with van der Waals surface area (Å²) in [6.45, 7) is 1.32. The fourth-order valence-electron chi connectivity index (χ4n) is 1.02. The summed E-state index contributed by atoms with van der Waals surface area (Å²) in [7, 11) is 0. The van der Waals surface area contributed by atoms with Crippen molar-refractivity contribution >= 4 is 40.8 Å². The number of carbonyl (C=O) groups is 2. The van der Waals surface area contributed by atoms with Gasteiger partial charge in [0.25, 0.3) is 0 Å². The topological polar surface area (TPSA) is 66.4 Å². The molecule has 0 radical (unpaired) electrons. The number of carboxylic acid groups (broad SMARTS) is 1. The van der Waals surface area contributed by atoms with Gasteiger partial charge in [-0.1, -0.05) is 23.2 Å². The van der Waals surface area contributed by atoms with Crippen molar-refractivity contribution in [1.29, 1.82) is 0 Å². The van der Waals surface area contributed by atoms with E-state index in [1.807, 2.05) is 0 Å². The van der Waals surface area contributed by atoms with Crippen LogP contribution in [0, 0.1) is 0 Å². The number of halogens is 2. The second-order valence-corrected chi connectivity index (χ2v) is 4.09. The number of aliphatic carboxylic acids is 1. The zero-order chi connectivity index (χ0) is 13.0. The Kier molecular flexibility index (Phi) is 4.54. The largest absolute Gasteiger partial charge is 0.478 e. The fraction of sp³-hybridized carbons (Fsp3) is 0.0909. The number of nitrogens with one attached hydrogen (secondary N) is 1. The summed E-state index contributed by atoms with van der Waals surface area (Å²) in [5.74, 6) is -1.71. The van der Waals surface area contributed by atoms with Crippen LogP contribution in [0.1, 0.15) is 6.92 Å². The van der Waals surface area contributed by atoms with Gasteiger partial charge in [-0.3, -0.25) is 4.79 Å². The lowest BCUT2D eigenvalue weighted by Crippen LogP contribution is -2.11. The maximum atomic E-state index is 11.4. The second-order valence-electron chi connectivity index (χ2n) is 3.25. The number of benzene rings is 1. The van der Waals surface area contributed by atoms with Gasteiger partial charge in [-0.25, -0.2) is 4.79 Å². The highest BCUT2D eigenvalue weighted by Crippen LogP contribution is 2.25. The molecule has 0 aliphatic heterocycles. The van der Waals surface area contributed by atoms with Gasteiger partial charge in [0.1, 0.15) is 0 Å². The highest BCUT2D eigenvalue weighted by molar-refractivity contribution is 6.36. The van der Waals surface area contributed by atoms with Crippen LogP contribution in [0.4, 0.5) is 5.69 Å². The lowest BCUT2D eigenvalue weighted by molar-refractivity contribution is -0.132. The van der Waals surface area contributed by atoms with E-state index in [2.05, 4.69) is 5.32 Å². The molecule has 0 bridgehead atoms. The van der Waals surface area contributed by atoms with Crippen LogP contribution in [-0.4, -0.2) is 17.0 Å². The number of carbonyl (C=O) groups excluding carboxylic acids is 1. The average molecular weight is 274 g/mol. The molecule has 0 aliphatic carbocycles. The molecule has 4 nitrogen and oxygen atoms in total. The molecule has 0 unspecified atom stereocenters. The van der Waals surface area contributed by atoms with Gasteiger partial charge in [0.05, 0.1) is 10.7 Å². The summed E-state index contributed by atoms with van der Waals surface area (Å²) in [6, 6.07) is 4.58. The predicted octanol–water partition coefficient (Wildman–Crippen LogP) is 2.96. The van der Waals surface area contributed by atoms with Crippen LogP contribution < -0.4 is 5.32 Å². The molecular weight excluding hydrogens is 265 g/mol. The fourth-order valence-corrected chi connectivity index (χ4v) is 1.47. The summed E-state index contributed by atoms with van der Waals surface area (Å²) in [5.41, 5.74) is 0.308. The van der Waals surface area contributed by atoms with Crippen molar-refractivity contribution in [3.63, 3.8) is 0 Å². The smallest absolute Gasteiger partial charge is 0.331 e. The molecule has 1 amide bonds. The lowest BCUT2D eigenvalue weighted by Gasteiger charge is -2.05. The summed E-state index contributed by atoms with van der Waals surface area (Å²) >= 11 is 11.5. The summed E-state index contributed by atoms with van der Waals surface area (Å²) < 4.78 is 0. The van der Waals surface area contributed by atoms with Gasteiger partial charge < -0.3 is 10.4 Å². The quantitative estimate of drug-likeness (QED) is 0.833. The van der Waals surface area contributed by atoms with Crippen molar-refractivity contribution in [2.45, 2.75) is 6.92 Å². The zero-order valence-electron chi connectivity index (χ0n) is 8.83. The number of rotatable bonds is 3. The molecule has 6 heteroatoms. The van der Waals surface area contributed by atoms with Crippen LogP contribution in [0.25, 0.3) is 0 Å². The molecule has 0 saturated heterocycles. The molecule has 17 heavy (non-hydrogen) atoms. The molecular formula is C11H9Cl2NO3. The van der Waals surface area contributed by atoms with E-state index in [1.165, 1.54) is 19.1 Å². The summed E-state index contributed by atoms with van der Waals surface area (Å²) in [6.07, 6.45) is 0.979. The van der Waals surface area contributed by atoms with E-state index in [-0.39, 0.29) is 10.6 Å². The molecule has 0 saturated carbocycles. The number of hydrogen-bond acceptors (Lipinski definition) is 2. The predicted molar refractivity (Wildman–Crippen MR) is 66.5 cm³/mol. The Morgan fingerprint density at radius 1 is 1.35 bits per heavy atom. The molecule has 90 valence electrons. The molecule has 0 heterocycles. The molecule has 0 atom stereocenters. The van der Waals surface area contributed by atoms with Crippen LogP contribution in [0.3, 0.4) is 0 Å². The van der Waals surface area contributed by atoms with Crippen molar-refractivity contribution in [2.75, 3.05) is 5.32 Å². The minimum absolute atomic E-state index is 0.0624. The van der Waals surface area contributed by atoms with Crippen molar-refractivity contribution in [2.24, 2.45) is 0 Å². The summed E-state index contributed by atoms with van der Waals surface area (Å²) in [5, 5.41) is 11.8. The zero-order valence-corrected chi connectivity index (χ0v) is 10.3. The number of carboxylic acids is 1. The average Bonchev–Trinajstić information content (AvgIpc) is 2.22. The van der Waals surface area contributed by atoms with E-state index in [1.54, 1.807) is 6.07 Å². The SMILES string of the molecule is C/C(=C\C(=O)Nc1ccc(Cl)cc1Cl)C(=O)O. The van der Waals surface area contributed by atoms with Crippen molar-refractivity contribution in [3.05, 3.63) is 39.9 Å². The maximum Gasteiger partial charge on any atom is 0.331 e.